The number of ether oxygens (including phenoxy) is 1. The Bertz CT molecular complexity index is 2580. The van der Waals surface area contributed by atoms with Crippen LogP contribution in [0.5, 0.6) is 11.5 Å². The Morgan fingerprint density at radius 1 is 0.370 bits per heavy atom. The summed E-state index contributed by atoms with van der Waals surface area (Å²) in [6.45, 7) is 0. The Hall–Kier alpha value is -5.92. The van der Waals surface area contributed by atoms with Gasteiger partial charge in [-0.3, -0.25) is 0 Å². The topological polar surface area (TPSA) is 9.23 Å². The Morgan fingerprint density at radius 3 is 1.85 bits per heavy atom. The Kier molecular flexibility index (Phi) is 4.57. The van der Waals surface area contributed by atoms with E-state index in [9.17, 15) is 0 Å². The molecule has 1 spiro atoms. The minimum atomic E-state index is -0.414. The number of fused-ring (bicyclic) bond motifs is 14. The second-order valence-electron chi connectivity index (χ2n) is 12.7. The van der Waals surface area contributed by atoms with Crippen LogP contribution in [0.3, 0.4) is 0 Å². The van der Waals surface area contributed by atoms with Gasteiger partial charge in [0.15, 0.2) is 0 Å². The molecule has 1 nitrogen and oxygen atoms in total. The maximum atomic E-state index is 6.45. The molecule has 11 rings (SSSR count). The molecule has 8 aromatic carbocycles. The minimum absolute atomic E-state index is 0.414. The van der Waals surface area contributed by atoms with Gasteiger partial charge in [-0.2, -0.15) is 0 Å². The highest BCUT2D eigenvalue weighted by Gasteiger charge is 2.52. The maximum Gasteiger partial charge on any atom is 0.135 e. The molecule has 8 aromatic rings. The van der Waals surface area contributed by atoms with Crippen LogP contribution in [-0.2, 0) is 5.41 Å². The third-order valence-corrected chi connectivity index (χ3v) is 10.7. The number of hydrogen-bond acceptors (Lipinski definition) is 1. The molecule has 1 heterocycles. The zero-order valence-electron chi connectivity index (χ0n) is 24.9. The van der Waals surface area contributed by atoms with E-state index < -0.39 is 5.41 Å². The minimum Gasteiger partial charge on any atom is -0.456 e. The summed E-state index contributed by atoms with van der Waals surface area (Å²) in [5.74, 6) is 1.83. The van der Waals surface area contributed by atoms with Gasteiger partial charge in [-0.1, -0.05) is 140 Å². The van der Waals surface area contributed by atoms with Crippen LogP contribution in [0.4, 0.5) is 0 Å². The predicted molar refractivity (Wildman–Crippen MR) is 189 cm³/mol. The van der Waals surface area contributed by atoms with E-state index in [1.165, 1.54) is 82.7 Å². The molecule has 3 aliphatic rings. The fraction of sp³-hybridized carbons (Fsp3) is 0.0222. The Labute approximate surface area is 267 Å². The number of para-hydroxylation sites is 1. The van der Waals surface area contributed by atoms with Crippen LogP contribution < -0.4 is 4.74 Å². The molecular weight excluding hydrogens is 556 g/mol. The van der Waals surface area contributed by atoms with Gasteiger partial charge in [0.2, 0.25) is 0 Å². The van der Waals surface area contributed by atoms with E-state index in [0.29, 0.717) is 0 Å². The Balaban J connectivity index is 1.24. The van der Waals surface area contributed by atoms with Crippen LogP contribution in [0.1, 0.15) is 22.3 Å². The molecule has 1 heteroatoms. The fourth-order valence-corrected chi connectivity index (χ4v) is 8.92. The van der Waals surface area contributed by atoms with Crippen LogP contribution in [-0.4, -0.2) is 0 Å². The summed E-state index contributed by atoms with van der Waals surface area (Å²) in [6, 6.07) is 58.3. The van der Waals surface area contributed by atoms with Crippen molar-refractivity contribution in [1.82, 2.24) is 0 Å². The predicted octanol–water partition coefficient (Wildman–Crippen LogP) is 11.8. The molecule has 212 valence electrons. The van der Waals surface area contributed by atoms with Gasteiger partial charge in [-0.15, -0.1) is 0 Å². The molecule has 0 saturated carbocycles. The summed E-state index contributed by atoms with van der Waals surface area (Å²) in [7, 11) is 0. The fourth-order valence-electron chi connectivity index (χ4n) is 8.92. The third kappa shape index (κ3) is 2.87. The maximum absolute atomic E-state index is 6.45. The van der Waals surface area contributed by atoms with E-state index in [4.69, 9.17) is 4.74 Å². The SMILES string of the molecule is c1ccc2c(c1)Oc1ccc(-c3ccc4c(c3)C3(c5ccccc5-c5ccccc53)c3c-4ccc4ccccc34)c3cccc-2c13. The molecule has 46 heavy (non-hydrogen) atoms. The molecule has 0 unspecified atom stereocenters. The zero-order valence-corrected chi connectivity index (χ0v) is 24.9. The molecule has 0 aromatic heterocycles. The molecule has 0 atom stereocenters. The smallest absolute Gasteiger partial charge is 0.135 e. The van der Waals surface area contributed by atoms with Gasteiger partial charge < -0.3 is 4.74 Å². The normalized spacial score (nSPS) is 14.0. The number of benzene rings is 8. The average Bonchev–Trinajstić information content (AvgIpc) is 3.59. The van der Waals surface area contributed by atoms with Gasteiger partial charge >= 0.3 is 0 Å². The van der Waals surface area contributed by atoms with Crippen molar-refractivity contribution in [2.24, 2.45) is 0 Å². The second kappa shape index (κ2) is 8.62. The van der Waals surface area contributed by atoms with Crippen molar-refractivity contribution in [1.29, 1.82) is 0 Å². The molecule has 0 radical (unpaired) electrons. The lowest BCUT2D eigenvalue weighted by Crippen LogP contribution is -2.26. The van der Waals surface area contributed by atoms with Crippen LogP contribution in [0.25, 0.3) is 66.1 Å². The number of hydrogen-bond donors (Lipinski definition) is 0. The molecule has 0 amide bonds. The van der Waals surface area contributed by atoms with Crippen molar-refractivity contribution >= 4 is 21.5 Å². The first kappa shape index (κ1) is 24.4. The second-order valence-corrected chi connectivity index (χ2v) is 12.7. The standard InChI is InChI=1S/C45H26O/c1-2-11-30-27(10-1)20-23-37-33-22-21-28(29-24-25-42-43-35(29)15-9-16-36(43)34-14-5-8-19-41(34)46-42)26-40(33)45(44(30)37)38-17-6-3-12-31(38)32-13-4-7-18-39(32)45/h1-26H. The first-order valence-corrected chi connectivity index (χ1v) is 16.0. The van der Waals surface area contributed by atoms with Crippen LogP contribution in [0.15, 0.2) is 158 Å². The average molecular weight is 583 g/mol. The van der Waals surface area contributed by atoms with Crippen LogP contribution in [0, 0.1) is 0 Å². The van der Waals surface area contributed by atoms with Crippen molar-refractivity contribution in [2.45, 2.75) is 5.41 Å². The first-order valence-electron chi connectivity index (χ1n) is 16.0. The molecule has 0 fully saturated rings. The van der Waals surface area contributed by atoms with Crippen molar-refractivity contribution in [2.75, 3.05) is 0 Å². The van der Waals surface area contributed by atoms with Crippen LogP contribution >= 0.6 is 0 Å². The number of rotatable bonds is 1. The van der Waals surface area contributed by atoms with Gasteiger partial charge in [0, 0.05) is 10.9 Å². The summed E-state index contributed by atoms with van der Waals surface area (Å²) in [5.41, 5.74) is 15.2. The van der Waals surface area contributed by atoms with Gasteiger partial charge in [0.1, 0.15) is 11.5 Å². The molecule has 0 N–H and O–H groups in total. The van der Waals surface area contributed by atoms with E-state index in [1.54, 1.807) is 0 Å². The summed E-state index contributed by atoms with van der Waals surface area (Å²) >= 11 is 0. The van der Waals surface area contributed by atoms with Gasteiger partial charge in [0.25, 0.3) is 0 Å². The summed E-state index contributed by atoms with van der Waals surface area (Å²) in [5, 5.41) is 4.99. The van der Waals surface area contributed by atoms with Crippen molar-refractivity contribution < 1.29 is 4.74 Å². The molecule has 0 bridgehead atoms. The highest BCUT2D eigenvalue weighted by molar-refractivity contribution is 6.11. The van der Waals surface area contributed by atoms with Crippen molar-refractivity contribution in [3.63, 3.8) is 0 Å². The van der Waals surface area contributed by atoms with E-state index in [-0.39, 0.29) is 0 Å². The lowest BCUT2D eigenvalue weighted by atomic mass is 9.69. The lowest BCUT2D eigenvalue weighted by molar-refractivity contribution is 0.487. The third-order valence-electron chi connectivity index (χ3n) is 10.7. The molecule has 2 aliphatic carbocycles. The lowest BCUT2D eigenvalue weighted by Gasteiger charge is -2.31. The zero-order chi connectivity index (χ0) is 30.0. The monoisotopic (exact) mass is 582 g/mol. The molecular formula is C45H26O. The quantitative estimate of drug-likeness (QED) is 0.187. The highest BCUT2D eigenvalue weighted by Crippen LogP contribution is 2.64. The molecule has 0 saturated heterocycles. The van der Waals surface area contributed by atoms with Gasteiger partial charge in [-0.25, -0.2) is 0 Å². The molecule has 1 aliphatic heterocycles. The largest absolute Gasteiger partial charge is 0.456 e. The highest BCUT2D eigenvalue weighted by atomic mass is 16.5. The van der Waals surface area contributed by atoms with Gasteiger partial charge in [-0.05, 0) is 95.6 Å². The summed E-state index contributed by atoms with van der Waals surface area (Å²) < 4.78 is 6.45. The van der Waals surface area contributed by atoms with Crippen LogP contribution in [0.2, 0.25) is 0 Å². The first-order chi connectivity index (χ1) is 22.8. The van der Waals surface area contributed by atoms with E-state index >= 15 is 0 Å². The van der Waals surface area contributed by atoms with Crippen molar-refractivity contribution in [3.8, 4) is 56.0 Å². The Morgan fingerprint density at radius 2 is 1.00 bits per heavy atom. The summed E-state index contributed by atoms with van der Waals surface area (Å²) in [4.78, 5) is 0. The van der Waals surface area contributed by atoms with Crippen molar-refractivity contribution in [3.05, 3.63) is 180 Å². The van der Waals surface area contributed by atoms with E-state index in [0.717, 1.165) is 17.1 Å². The van der Waals surface area contributed by atoms with Gasteiger partial charge in [0.05, 0.1) is 5.41 Å². The summed E-state index contributed by atoms with van der Waals surface area (Å²) in [6.07, 6.45) is 0. The van der Waals surface area contributed by atoms with E-state index in [2.05, 4.69) is 152 Å². The van der Waals surface area contributed by atoms with E-state index in [1.807, 2.05) is 6.07 Å².